The van der Waals surface area contributed by atoms with E-state index in [0.717, 1.165) is 0 Å². The summed E-state index contributed by atoms with van der Waals surface area (Å²) < 4.78 is 50.3. The van der Waals surface area contributed by atoms with Gasteiger partial charge >= 0.3 is 0 Å². The Bertz CT molecular complexity index is 348. The molecule has 0 N–H and O–H groups in total. The fourth-order valence-corrected chi connectivity index (χ4v) is 0.891. The van der Waals surface area contributed by atoms with E-state index >= 15 is 0 Å². The summed E-state index contributed by atoms with van der Waals surface area (Å²) in [6.45, 7) is 0. The minimum absolute atomic E-state index is 0.326. The smallest absolute Gasteiger partial charge is 0.181 e. The van der Waals surface area contributed by atoms with E-state index in [4.69, 9.17) is 11.6 Å². The van der Waals surface area contributed by atoms with Crippen LogP contribution in [0.3, 0.4) is 0 Å². The quantitative estimate of drug-likeness (QED) is 0.303. The molecule has 1 nitrogen and oxygen atoms in total. The van der Waals surface area contributed by atoms with Crippen molar-refractivity contribution in [1.82, 2.24) is 0 Å². The summed E-state index contributed by atoms with van der Waals surface area (Å²) in [6, 6.07) is 0. The number of hydrogen-bond acceptors (Lipinski definition) is 1. The van der Waals surface area contributed by atoms with Crippen LogP contribution in [-0.4, -0.2) is 6.29 Å². The van der Waals surface area contributed by atoms with Crippen molar-refractivity contribution in [3.05, 3.63) is 33.9 Å². The van der Waals surface area contributed by atoms with Gasteiger partial charge in [-0.05, 0) is 0 Å². The predicted molar refractivity (Wildman–Crippen MR) is 36.7 cm³/mol. The van der Waals surface area contributed by atoms with E-state index in [0.29, 0.717) is 0 Å². The van der Waals surface area contributed by atoms with Crippen LogP contribution in [-0.2, 0) is 0 Å². The average Bonchev–Trinajstić information content (AvgIpc) is 2.13. The molecule has 0 heterocycles. The second-order valence-electron chi connectivity index (χ2n) is 2.10. The minimum Gasteiger partial charge on any atom is -0.298 e. The van der Waals surface area contributed by atoms with Gasteiger partial charge in [0.1, 0.15) is 5.02 Å². The number of hydrogen-bond donors (Lipinski definition) is 0. The molecule has 0 fully saturated rings. The number of carbonyl (C=O) groups is 1. The summed E-state index contributed by atoms with van der Waals surface area (Å²) in [5.74, 6) is -7.14. The lowest BCUT2D eigenvalue weighted by Crippen LogP contribution is -2.02. The molecule has 0 spiro atoms. The van der Waals surface area contributed by atoms with Crippen molar-refractivity contribution in [3.8, 4) is 0 Å². The molecule has 6 heteroatoms. The van der Waals surface area contributed by atoms with Crippen molar-refractivity contribution in [2.75, 3.05) is 0 Å². The molecular formula is C7HClF4O. The zero-order valence-electron chi connectivity index (χ0n) is 5.88. The Labute approximate surface area is 74.9 Å². The van der Waals surface area contributed by atoms with Gasteiger partial charge in [-0.25, -0.2) is 17.6 Å². The van der Waals surface area contributed by atoms with Crippen LogP contribution in [0.2, 0.25) is 5.02 Å². The summed E-state index contributed by atoms with van der Waals surface area (Å²) in [5.41, 5.74) is -1.31. The van der Waals surface area contributed by atoms with E-state index in [2.05, 4.69) is 0 Å². The van der Waals surface area contributed by atoms with E-state index in [-0.39, 0.29) is 6.29 Å². The molecule has 1 rings (SSSR count). The zero-order chi connectivity index (χ0) is 10.2. The second kappa shape index (κ2) is 3.33. The molecule has 0 aliphatic heterocycles. The second-order valence-corrected chi connectivity index (χ2v) is 2.48. The molecule has 13 heavy (non-hydrogen) atoms. The van der Waals surface area contributed by atoms with Gasteiger partial charge in [0.05, 0.1) is 5.56 Å². The van der Waals surface area contributed by atoms with Crippen LogP contribution in [0.15, 0.2) is 0 Å². The lowest BCUT2D eigenvalue weighted by Gasteiger charge is -2.02. The lowest BCUT2D eigenvalue weighted by molar-refractivity contribution is 0.111. The number of benzene rings is 1. The monoisotopic (exact) mass is 212 g/mol. The van der Waals surface area contributed by atoms with E-state index < -0.39 is 33.9 Å². The van der Waals surface area contributed by atoms with Crippen LogP contribution in [0.5, 0.6) is 0 Å². The first kappa shape index (κ1) is 9.98. The van der Waals surface area contributed by atoms with Crippen LogP contribution >= 0.6 is 11.6 Å². The van der Waals surface area contributed by atoms with Crippen molar-refractivity contribution < 1.29 is 22.4 Å². The van der Waals surface area contributed by atoms with Gasteiger partial charge in [-0.3, -0.25) is 4.79 Å². The Morgan fingerprint density at radius 2 is 1.31 bits per heavy atom. The normalized spacial score (nSPS) is 10.2. The van der Waals surface area contributed by atoms with E-state index in [1.165, 1.54) is 0 Å². The largest absolute Gasteiger partial charge is 0.298 e. The molecule has 0 saturated carbocycles. The molecule has 1 aromatic carbocycles. The molecule has 0 aliphatic rings. The predicted octanol–water partition coefficient (Wildman–Crippen LogP) is 2.71. The van der Waals surface area contributed by atoms with Gasteiger partial charge in [0.15, 0.2) is 29.6 Å². The van der Waals surface area contributed by atoms with Gasteiger partial charge in [0.2, 0.25) is 0 Å². The molecule has 0 aromatic heterocycles. The van der Waals surface area contributed by atoms with Crippen molar-refractivity contribution >= 4 is 17.9 Å². The third kappa shape index (κ3) is 1.39. The highest BCUT2D eigenvalue weighted by molar-refractivity contribution is 6.31. The minimum atomic E-state index is -1.79. The van der Waals surface area contributed by atoms with Crippen molar-refractivity contribution in [2.24, 2.45) is 0 Å². The van der Waals surface area contributed by atoms with Gasteiger partial charge in [-0.2, -0.15) is 0 Å². The Kier molecular flexibility index (Phi) is 2.56. The molecule has 1 aromatic rings. The van der Waals surface area contributed by atoms with Gasteiger partial charge in [-0.15, -0.1) is 0 Å². The highest BCUT2D eigenvalue weighted by Gasteiger charge is 2.23. The standard InChI is InChI=1S/C7HClF4O/c8-3-6(11)4(9)2(1-13)5(10)7(3)12/h1H. The van der Waals surface area contributed by atoms with Crippen LogP contribution in [0, 0.1) is 23.3 Å². The number of carbonyl (C=O) groups excluding carboxylic acids is 1. The van der Waals surface area contributed by atoms with Gasteiger partial charge in [-0.1, -0.05) is 11.6 Å². The van der Waals surface area contributed by atoms with E-state index in [1.807, 2.05) is 0 Å². The fourth-order valence-electron chi connectivity index (χ4n) is 0.725. The summed E-state index contributed by atoms with van der Waals surface area (Å²) in [5, 5.41) is -1.30. The van der Waals surface area contributed by atoms with E-state index in [9.17, 15) is 22.4 Å². The summed E-state index contributed by atoms with van der Waals surface area (Å²) >= 11 is 4.87. The maximum atomic E-state index is 12.6. The van der Waals surface area contributed by atoms with Crippen LogP contribution in [0.1, 0.15) is 10.4 Å². The molecule has 0 aliphatic carbocycles. The van der Waals surface area contributed by atoms with Crippen molar-refractivity contribution in [1.29, 1.82) is 0 Å². The first-order valence-corrected chi connectivity index (χ1v) is 3.35. The van der Waals surface area contributed by atoms with Gasteiger partial charge in [0, 0.05) is 0 Å². The highest BCUT2D eigenvalue weighted by Crippen LogP contribution is 2.26. The SMILES string of the molecule is O=Cc1c(F)c(F)c(Cl)c(F)c1F. The topological polar surface area (TPSA) is 17.1 Å². The van der Waals surface area contributed by atoms with Crippen LogP contribution in [0.25, 0.3) is 0 Å². The third-order valence-corrected chi connectivity index (χ3v) is 1.69. The summed E-state index contributed by atoms with van der Waals surface area (Å²) in [7, 11) is 0. The van der Waals surface area contributed by atoms with E-state index in [1.54, 1.807) is 0 Å². The first-order valence-electron chi connectivity index (χ1n) is 2.97. The van der Waals surface area contributed by atoms with Crippen molar-refractivity contribution in [2.45, 2.75) is 0 Å². The Hall–Kier alpha value is -1.10. The Balaban J connectivity index is 3.66. The maximum Gasteiger partial charge on any atom is 0.181 e. The number of rotatable bonds is 1. The Morgan fingerprint density at radius 1 is 0.923 bits per heavy atom. The van der Waals surface area contributed by atoms with Crippen molar-refractivity contribution in [3.63, 3.8) is 0 Å². The van der Waals surface area contributed by atoms with Crippen LogP contribution in [0.4, 0.5) is 17.6 Å². The lowest BCUT2D eigenvalue weighted by atomic mass is 10.2. The molecule has 0 atom stereocenters. The van der Waals surface area contributed by atoms with Crippen LogP contribution < -0.4 is 0 Å². The Morgan fingerprint density at radius 3 is 1.62 bits per heavy atom. The first-order chi connectivity index (χ1) is 6.00. The summed E-state index contributed by atoms with van der Waals surface area (Å²) in [4.78, 5) is 10.0. The third-order valence-electron chi connectivity index (χ3n) is 1.36. The number of aldehydes is 1. The van der Waals surface area contributed by atoms with Gasteiger partial charge < -0.3 is 0 Å². The maximum absolute atomic E-state index is 12.6. The molecular weight excluding hydrogens is 212 g/mol. The summed E-state index contributed by atoms with van der Waals surface area (Å²) in [6.07, 6.45) is -0.326. The molecule has 70 valence electrons. The fraction of sp³-hybridized carbons (Fsp3) is 0. The average molecular weight is 213 g/mol. The molecule has 0 radical (unpaired) electrons. The molecule has 0 unspecified atom stereocenters. The number of halogens is 5. The highest BCUT2D eigenvalue weighted by atomic mass is 35.5. The molecule has 0 saturated heterocycles. The van der Waals surface area contributed by atoms with Gasteiger partial charge in [0.25, 0.3) is 0 Å². The molecule has 0 bridgehead atoms. The zero-order valence-corrected chi connectivity index (χ0v) is 6.63. The molecule has 0 amide bonds.